The molecule has 1 aliphatic heterocycles. The average Bonchev–Trinajstić information content (AvgIpc) is 2.81. The van der Waals surface area contributed by atoms with Crippen molar-refractivity contribution in [2.24, 2.45) is 17.1 Å². The number of likely N-dealkylation sites (tertiary alicyclic amines) is 1. The molecule has 206 valence electrons. The molecule has 0 bridgehead atoms. The maximum Gasteiger partial charge on any atom is 0.430 e. The molecule has 1 unspecified atom stereocenters. The molecule has 0 spiro atoms. The molecule has 1 aromatic carbocycles. The van der Waals surface area contributed by atoms with E-state index in [1.165, 1.54) is 0 Å². The van der Waals surface area contributed by atoms with Crippen molar-refractivity contribution in [3.8, 4) is 0 Å². The molecule has 0 aliphatic carbocycles. The number of halogens is 3. The summed E-state index contributed by atoms with van der Waals surface area (Å²) in [5, 5.41) is 26.3. The number of benzene rings is 1. The summed E-state index contributed by atoms with van der Waals surface area (Å²) >= 11 is 0. The lowest BCUT2D eigenvalue weighted by molar-refractivity contribution is -0.344. The number of hydrogen-bond donors (Lipinski definition) is 4. The predicted molar refractivity (Wildman–Crippen MR) is 125 cm³/mol. The second-order valence-electron chi connectivity index (χ2n) is 9.31. The highest BCUT2D eigenvalue weighted by Gasteiger charge is 2.40. The Morgan fingerprint density at radius 1 is 1.14 bits per heavy atom. The van der Waals surface area contributed by atoms with Crippen molar-refractivity contribution in [2.75, 3.05) is 13.1 Å². The summed E-state index contributed by atoms with van der Waals surface area (Å²) in [5.41, 5.74) is 5.89. The third-order valence-electron chi connectivity index (χ3n) is 6.21. The number of nitrogens with two attached hydrogens (primary N) is 2. The zero-order chi connectivity index (χ0) is 28.6. The smallest absolute Gasteiger partial charge is 0.430 e. The minimum Gasteiger partial charge on any atom is -0.542 e. The van der Waals surface area contributed by atoms with Gasteiger partial charge in [0.25, 0.3) is 11.7 Å². The van der Waals surface area contributed by atoms with Crippen LogP contribution in [0.4, 0.5) is 13.2 Å². The summed E-state index contributed by atoms with van der Waals surface area (Å²) in [4.78, 5) is 47.4. The number of piperidine rings is 1. The van der Waals surface area contributed by atoms with Gasteiger partial charge in [0.1, 0.15) is 5.97 Å². The summed E-state index contributed by atoms with van der Waals surface area (Å²) in [7, 11) is 0. The normalized spacial score (nSPS) is 15.1. The maximum atomic E-state index is 13.2. The van der Waals surface area contributed by atoms with E-state index < -0.39 is 23.5 Å². The van der Waals surface area contributed by atoms with Crippen LogP contribution in [0.5, 0.6) is 0 Å². The van der Waals surface area contributed by atoms with Gasteiger partial charge in [-0.2, -0.15) is 13.2 Å². The number of aliphatic carboxylic acids is 2. The van der Waals surface area contributed by atoms with Gasteiger partial charge in [-0.1, -0.05) is 6.92 Å². The third-order valence-corrected chi connectivity index (χ3v) is 6.21. The van der Waals surface area contributed by atoms with Crippen LogP contribution in [-0.2, 0) is 14.4 Å². The first-order valence-corrected chi connectivity index (χ1v) is 11.6. The Balaban J connectivity index is 0.000000856. The average molecular weight is 531 g/mol. The van der Waals surface area contributed by atoms with E-state index >= 15 is 0 Å². The van der Waals surface area contributed by atoms with Crippen molar-refractivity contribution >= 4 is 29.6 Å². The fourth-order valence-electron chi connectivity index (χ4n) is 3.99. The van der Waals surface area contributed by atoms with Crippen LogP contribution < -0.4 is 21.6 Å². The van der Waals surface area contributed by atoms with Crippen LogP contribution in [0.3, 0.4) is 0 Å². The van der Waals surface area contributed by atoms with Gasteiger partial charge in [-0.05, 0) is 63.3 Å². The van der Waals surface area contributed by atoms with Crippen LogP contribution in [0.25, 0.3) is 0 Å². The summed E-state index contributed by atoms with van der Waals surface area (Å²) < 4.78 is 31.5. The van der Waals surface area contributed by atoms with Gasteiger partial charge in [0, 0.05) is 31.1 Å². The number of carboxylic acid groups (broad SMARTS) is 2. The Kier molecular flexibility index (Phi) is 11.1. The van der Waals surface area contributed by atoms with E-state index in [9.17, 15) is 27.6 Å². The molecule has 1 fully saturated rings. The highest BCUT2D eigenvalue weighted by atomic mass is 19.4. The number of alkyl halides is 3. The topological polar surface area (TPSA) is 178 Å². The lowest BCUT2D eigenvalue weighted by Gasteiger charge is -2.40. The maximum absolute atomic E-state index is 13.2. The van der Waals surface area contributed by atoms with Crippen LogP contribution in [0, 0.1) is 11.3 Å². The predicted octanol–water partition coefficient (Wildman–Crippen LogP) is -0.302. The number of amides is 2. The fraction of sp³-hybridized carbons (Fsp3) is 0.542. The molecule has 10 nitrogen and oxygen atoms in total. The molecule has 6 N–H and O–H groups in total. The summed E-state index contributed by atoms with van der Waals surface area (Å²) in [6, 6.07) is 6.32. The summed E-state index contributed by atoms with van der Waals surface area (Å²) in [6.07, 6.45) is -3.08. The summed E-state index contributed by atoms with van der Waals surface area (Å²) in [5.74, 6) is -3.79. The van der Waals surface area contributed by atoms with Gasteiger partial charge in [0.05, 0.1) is 11.0 Å². The Bertz CT molecular complexity index is 987. The molecule has 1 aromatic rings. The minimum absolute atomic E-state index is 0.0238. The molecule has 1 saturated heterocycles. The molecular formula is C24H33F3N4O6. The van der Waals surface area contributed by atoms with E-state index in [0.29, 0.717) is 43.5 Å². The number of carboxylic acids is 2. The van der Waals surface area contributed by atoms with Crippen LogP contribution >= 0.6 is 0 Å². The van der Waals surface area contributed by atoms with E-state index in [2.05, 4.69) is 5.32 Å². The highest BCUT2D eigenvalue weighted by Crippen LogP contribution is 2.30. The molecule has 37 heavy (non-hydrogen) atoms. The molecule has 0 aromatic heterocycles. The molecular weight excluding hydrogens is 497 g/mol. The lowest BCUT2D eigenvalue weighted by atomic mass is 9.80. The number of amidine groups is 1. The van der Waals surface area contributed by atoms with E-state index in [-0.39, 0.29) is 36.0 Å². The van der Waals surface area contributed by atoms with Gasteiger partial charge in [-0.15, -0.1) is 0 Å². The van der Waals surface area contributed by atoms with Crippen LogP contribution in [0.1, 0.15) is 62.4 Å². The first kappa shape index (κ1) is 31.4. The molecule has 1 aliphatic rings. The van der Waals surface area contributed by atoms with Gasteiger partial charge in [-0.3, -0.25) is 25.5 Å². The van der Waals surface area contributed by atoms with E-state index in [0.717, 1.165) is 0 Å². The molecule has 0 saturated carbocycles. The highest BCUT2D eigenvalue weighted by molar-refractivity contribution is 5.97. The lowest BCUT2D eigenvalue weighted by Crippen LogP contribution is -2.54. The molecule has 0 radical (unpaired) electrons. The largest absolute Gasteiger partial charge is 0.542 e. The number of carbonyl (C=O) groups is 4. The van der Waals surface area contributed by atoms with Gasteiger partial charge in [0.15, 0.2) is 0 Å². The van der Waals surface area contributed by atoms with E-state index in [1.807, 2.05) is 20.8 Å². The van der Waals surface area contributed by atoms with Gasteiger partial charge >= 0.3 is 12.1 Å². The molecule has 2 amide bonds. The number of rotatable bonds is 8. The monoisotopic (exact) mass is 530 g/mol. The number of nitrogens with one attached hydrogen (secondary N) is 1. The van der Waals surface area contributed by atoms with Gasteiger partial charge in [0.2, 0.25) is 5.91 Å². The second kappa shape index (κ2) is 13.1. The quantitative estimate of drug-likeness (QED) is 0.263. The Morgan fingerprint density at radius 2 is 1.59 bits per heavy atom. The molecule has 13 heteroatoms. The van der Waals surface area contributed by atoms with E-state index in [1.54, 1.807) is 29.2 Å². The minimum atomic E-state index is -5.19. The molecule has 1 heterocycles. The number of carbonyl (C=O) groups excluding carboxylic acids is 3. The van der Waals surface area contributed by atoms with Crippen molar-refractivity contribution in [3.63, 3.8) is 0 Å². The SMILES string of the molecule is CCC(NC(=O)c1ccc(C(N)=[NH2+])cc1)C(C)(C)C(=O)N1CCC(CC(=O)O)CC1.O=C([O-])C(F)(F)F. The van der Waals surface area contributed by atoms with Gasteiger partial charge < -0.3 is 25.2 Å². The number of hydrogen-bond acceptors (Lipinski definition) is 5. The first-order chi connectivity index (χ1) is 17.0. The fourth-order valence-corrected chi connectivity index (χ4v) is 3.99. The first-order valence-electron chi connectivity index (χ1n) is 11.6. The molecule has 2 rings (SSSR count). The zero-order valence-corrected chi connectivity index (χ0v) is 20.9. The third kappa shape index (κ3) is 9.39. The van der Waals surface area contributed by atoms with E-state index in [4.69, 9.17) is 26.2 Å². The second-order valence-corrected chi connectivity index (χ2v) is 9.31. The van der Waals surface area contributed by atoms with Crippen molar-refractivity contribution < 1.29 is 48.0 Å². The van der Waals surface area contributed by atoms with Crippen LogP contribution in [-0.4, -0.2) is 64.9 Å². The Morgan fingerprint density at radius 3 is 1.97 bits per heavy atom. The Labute approximate surface area is 212 Å². The van der Waals surface area contributed by atoms with Crippen LogP contribution in [0.2, 0.25) is 0 Å². The summed E-state index contributed by atoms with van der Waals surface area (Å²) in [6.45, 7) is 6.72. The molecule has 1 atom stereocenters. The zero-order valence-electron chi connectivity index (χ0n) is 20.9. The van der Waals surface area contributed by atoms with Crippen LogP contribution in [0.15, 0.2) is 24.3 Å². The van der Waals surface area contributed by atoms with Crippen molar-refractivity contribution in [2.45, 2.75) is 58.7 Å². The van der Waals surface area contributed by atoms with Crippen molar-refractivity contribution in [3.05, 3.63) is 35.4 Å². The van der Waals surface area contributed by atoms with Crippen molar-refractivity contribution in [1.82, 2.24) is 10.2 Å². The Hall–Kier alpha value is -3.64. The number of nitrogens with zero attached hydrogens (tertiary/aromatic N) is 1. The standard InChI is InChI=1S/C22H32N4O4.C2HF3O2/c1-4-17(25-20(29)16-7-5-15(6-8-16)19(23)24)22(2,3)21(30)26-11-9-14(10-12-26)13-18(27)28;3-2(4,5)1(6)7/h5-8,14,17H,4,9-13H2,1-3H3,(H3,23,24)(H,25,29)(H,27,28);(H,6,7). The van der Waals surface area contributed by atoms with Crippen molar-refractivity contribution in [1.29, 1.82) is 0 Å². The van der Waals surface area contributed by atoms with Gasteiger partial charge in [-0.25, -0.2) is 0 Å².